The second-order valence-electron chi connectivity index (χ2n) is 4.60. The van der Waals surface area contributed by atoms with Crippen molar-refractivity contribution in [2.45, 2.75) is 25.4 Å². The molecule has 2 unspecified atom stereocenters. The minimum atomic E-state index is -0.314. The number of carbonyl (C=O) groups excluding carboxylic acids is 1. The molecular weight excluding hydrogens is 240 g/mol. The van der Waals surface area contributed by atoms with Crippen LogP contribution in [0, 0.1) is 0 Å². The summed E-state index contributed by atoms with van der Waals surface area (Å²) in [4.78, 5) is 11.0. The molecule has 1 amide bonds. The quantitative estimate of drug-likeness (QED) is 0.834. The minimum Gasteiger partial charge on any atom is -0.467 e. The predicted octanol–water partition coefficient (Wildman–Crippen LogP) is 2.22. The molecule has 0 aliphatic rings. The molecule has 0 saturated carbocycles. The molecule has 2 aromatic rings. The van der Waals surface area contributed by atoms with E-state index in [0.29, 0.717) is 6.42 Å². The van der Waals surface area contributed by atoms with Gasteiger partial charge in [0.15, 0.2) is 0 Å². The molecule has 100 valence electrons. The molecular formula is C15H18N2O2. The van der Waals surface area contributed by atoms with Gasteiger partial charge in [0.05, 0.1) is 12.3 Å². The molecule has 3 N–H and O–H groups in total. The van der Waals surface area contributed by atoms with E-state index in [1.165, 1.54) is 0 Å². The van der Waals surface area contributed by atoms with Crippen LogP contribution in [0.4, 0.5) is 0 Å². The molecule has 1 aromatic heterocycles. The van der Waals surface area contributed by atoms with Gasteiger partial charge in [-0.05, 0) is 24.6 Å². The summed E-state index contributed by atoms with van der Waals surface area (Å²) in [5, 5.41) is 3.37. The van der Waals surface area contributed by atoms with E-state index < -0.39 is 0 Å². The molecule has 1 heterocycles. The van der Waals surface area contributed by atoms with Gasteiger partial charge in [-0.2, -0.15) is 0 Å². The van der Waals surface area contributed by atoms with E-state index in [4.69, 9.17) is 10.2 Å². The van der Waals surface area contributed by atoms with Gasteiger partial charge in [-0.3, -0.25) is 4.79 Å². The van der Waals surface area contributed by atoms with Crippen molar-refractivity contribution >= 4 is 5.91 Å². The lowest BCUT2D eigenvalue weighted by Crippen LogP contribution is -2.34. The van der Waals surface area contributed by atoms with Crippen LogP contribution in [-0.4, -0.2) is 11.9 Å². The number of rotatable bonds is 6. The van der Waals surface area contributed by atoms with Crippen molar-refractivity contribution in [3.05, 3.63) is 60.1 Å². The number of hydrogen-bond donors (Lipinski definition) is 2. The third-order valence-corrected chi connectivity index (χ3v) is 2.92. The molecule has 0 aliphatic carbocycles. The van der Waals surface area contributed by atoms with Gasteiger partial charge in [0.2, 0.25) is 5.91 Å². The lowest BCUT2D eigenvalue weighted by Gasteiger charge is -2.21. The van der Waals surface area contributed by atoms with Gasteiger partial charge in [0.1, 0.15) is 5.76 Å². The van der Waals surface area contributed by atoms with Gasteiger partial charge in [0, 0.05) is 12.5 Å². The van der Waals surface area contributed by atoms with Crippen molar-refractivity contribution in [3.8, 4) is 0 Å². The second kappa shape index (κ2) is 6.20. The van der Waals surface area contributed by atoms with E-state index >= 15 is 0 Å². The van der Waals surface area contributed by atoms with Gasteiger partial charge in [-0.15, -0.1) is 0 Å². The van der Waals surface area contributed by atoms with Gasteiger partial charge >= 0.3 is 0 Å². The van der Waals surface area contributed by atoms with Crippen LogP contribution in [0.2, 0.25) is 0 Å². The summed E-state index contributed by atoms with van der Waals surface area (Å²) in [5.74, 6) is 0.508. The first-order chi connectivity index (χ1) is 9.16. The van der Waals surface area contributed by atoms with E-state index in [9.17, 15) is 4.79 Å². The molecule has 2 rings (SSSR count). The fourth-order valence-electron chi connectivity index (χ4n) is 2.09. The summed E-state index contributed by atoms with van der Waals surface area (Å²) in [6, 6.07) is 13.6. The zero-order valence-corrected chi connectivity index (χ0v) is 10.9. The summed E-state index contributed by atoms with van der Waals surface area (Å²) >= 11 is 0. The summed E-state index contributed by atoms with van der Waals surface area (Å²) in [6.45, 7) is 1.93. The maximum Gasteiger partial charge on any atom is 0.218 e. The zero-order chi connectivity index (χ0) is 13.7. The van der Waals surface area contributed by atoms with Crippen LogP contribution >= 0.6 is 0 Å². The summed E-state index contributed by atoms with van der Waals surface area (Å²) in [7, 11) is 0. The first kappa shape index (κ1) is 13.4. The van der Waals surface area contributed by atoms with Gasteiger partial charge < -0.3 is 15.5 Å². The Morgan fingerprint density at radius 2 is 2.00 bits per heavy atom. The summed E-state index contributed by atoms with van der Waals surface area (Å²) in [6.07, 6.45) is 1.94. The number of hydrogen-bond acceptors (Lipinski definition) is 3. The SMILES string of the molecule is CC(CC(N)=O)NC(c1ccccc1)c1ccco1. The van der Waals surface area contributed by atoms with E-state index in [0.717, 1.165) is 11.3 Å². The first-order valence-corrected chi connectivity index (χ1v) is 6.29. The number of carbonyl (C=O) groups is 1. The van der Waals surface area contributed by atoms with E-state index in [-0.39, 0.29) is 18.0 Å². The Bertz CT molecular complexity index is 508. The van der Waals surface area contributed by atoms with Crippen LogP contribution in [0.1, 0.15) is 30.7 Å². The molecule has 1 aromatic carbocycles. The van der Waals surface area contributed by atoms with Crippen molar-refractivity contribution in [2.24, 2.45) is 5.73 Å². The Morgan fingerprint density at radius 1 is 1.26 bits per heavy atom. The Hall–Kier alpha value is -2.07. The third-order valence-electron chi connectivity index (χ3n) is 2.92. The number of amides is 1. The van der Waals surface area contributed by atoms with Crippen molar-refractivity contribution in [2.75, 3.05) is 0 Å². The molecule has 2 atom stereocenters. The molecule has 0 aliphatic heterocycles. The van der Waals surface area contributed by atoms with E-state index in [1.54, 1.807) is 6.26 Å². The highest BCUT2D eigenvalue weighted by molar-refractivity contribution is 5.74. The molecule has 4 heteroatoms. The molecule has 0 saturated heterocycles. The van der Waals surface area contributed by atoms with Crippen LogP contribution in [0.25, 0.3) is 0 Å². The van der Waals surface area contributed by atoms with Crippen LogP contribution in [0.5, 0.6) is 0 Å². The summed E-state index contributed by atoms with van der Waals surface area (Å²) < 4.78 is 5.48. The Morgan fingerprint density at radius 3 is 2.58 bits per heavy atom. The highest BCUT2D eigenvalue weighted by Gasteiger charge is 2.19. The maximum atomic E-state index is 11.0. The Kier molecular flexibility index (Phi) is 4.36. The molecule has 0 fully saturated rings. The highest BCUT2D eigenvalue weighted by atomic mass is 16.3. The Labute approximate surface area is 112 Å². The van der Waals surface area contributed by atoms with Crippen LogP contribution < -0.4 is 11.1 Å². The smallest absolute Gasteiger partial charge is 0.218 e. The largest absolute Gasteiger partial charge is 0.467 e. The molecule has 0 radical (unpaired) electrons. The predicted molar refractivity (Wildman–Crippen MR) is 73.4 cm³/mol. The van der Waals surface area contributed by atoms with Crippen molar-refractivity contribution in [1.29, 1.82) is 0 Å². The monoisotopic (exact) mass is 258 g/mol. The Balaban J connectivity index is 2.19. The fraction of sp³-hybridized carbons (Fsp3) is 0.267. The van der Waals surface area contributed by atoms with Crippen LogP contribution in [0.3, 0.4) is 0 Å². The van der Waals surface area contributed by atoms with Crippen molar-refractivity contribution in [1.82, 2.24) is 5.32 Å². The molecule has 0 bridgehead atoms. The van der Waals surface area contributed by atoms with Gasteiger partial charge in [-0.25, -0.2) is 0 Å². The standard InChI is InChI=1S/C15H18N2O2/c1-11(10-14(16)18)17-15(13-8-5-9-19-13)12-6-3-2-4-7-12/h2-9,11,15,17H,10H2,1H3,(H2,16,18). The summed E-state index contributed by atoms with van der Waals surface area (Å²) in [5.41, 5.74) is 6.32. The highest BCUT2D eigenvalue weighted by Crippen LogP contribution is 2.23. The second-order valence-corrected chi connectivity index (χ2v) is 4.60. The van der Waals surface area contributed by atoms with Crippen molar-refractivity contribution < 1.29 is 9.21 Å². The van der Waals surface area contributed by atoms with Gasteiger partial charge in [-0.1, -0.05) is 30.3 Å². The van der Waals surface area contributed by atoms with E-state index in [1.807, 2.05) is 49.4 Å². The third kappa shape index (κ3) is 3.69. The van der Waals surface area contributed by atoms with Crippen molar-refractivity contribution in [3.63, 3.8) is 0 Å². The maximum absolute atomic E-state index is 11.0. The number of nitrogens with two attached hydrogens (primary N) is 1. The molecule has 4 nitrogen and oxygen atoms in total. The van der Waals surface area contributed by atoms with Gasteiger partial charge in [0.25, 0.3) is 0 Å². The topological polar surface area (TPSA) is 68.3 Å². The first-order valence-electron chi connectivity index (χ1n) is 6.29. The number of nitrogens with one attached hydrogen (secondary N) is 1. The minimum absolute atomic E-state index is 0.0205. The zero-order valence-electron chi connectivity index (χ0n) is 10.9. The van der Waals surface area contributed by atoms with E-state index in [2.05, 4.69) is 5.32 Å². The molecule has 0 spiro atoms. The number of furan rings is 1. The normalized spacial score (nSPS) is 13.9. The van der Waals surface area contributed by atoms with Crippen LogP contribution in [-0.2, 0) is 4.79 Å². The number of primary amides is 1. The average Bonchev–Trinajstić information content (AvgIpc) is 2.90. The lowest BCUT2D eigenvalue weighted by molar-refractivity contribution is -0.118. The average molecular weight is 258 g/mol. The number of benzene rings is 1. The fourth-order valence-corrected chi connectivity index (χ4v) is 2.09. The lowest BCUT2D eigenvalue weighted by atomic mass is 10.0. The molecule has 19 heavy (non-hydrogen) atoms. The van der Waals surface area contributed by atoms with Crippen LogP contribution in [0.15, 0.2) is 53.1 Å².